The summed E-state index contributed by atoms with van der Waals surface area (Å²) in [6.07, 6.45) is -2.72. The topological polar surface area (TPSA) is 132 Å². The molecule has 1 fully saturated rings. The fourth-order valence-electron chi connectivity index (χ4n) is 3.02. The van der Waals surface area contributed by atoms with Crippen molar-refractivity contribution in [3.63, 3.8) is 0 Å². The maximum Gasteiger partial charge on any atom is 0.414 e. The third-order valence-electron chi connectivity index (χ3n) is 4.72. The van der Waals surface area contributed by atoms with E-state index in [9.17, 15) is 23.6 Å². The van der Waals surface area contributed by atoms with Crippen LogP contribution >= 0.6 is 0 Å². The van der Waals surface area contributed by atoms with Gasteiger partial charge in [0.1, 0.15) is 5.82 Å². The fourth-order valence-corrected chi connectivity index (χ4v) is 3.02. The highest BCUT2D eigenvalue weighted by Crippen LogP contribution is 2.24. The molecule has 1 aliphatic rings. The number of benzene rings is 2. The van der Waals surface area contributed by atoms with Crippen LogP contribution in [-0.4, -0.2) is 52.0 Å². The minimum atomic E-state index is -1.28. The van der Waals surface area contributed by atoms with E-state index in [4.69, 9.17) is 9.26 Å². The maximum atomic E-state index is 13.9. The van der Waals surface area contributed by atoms with Crippen LogP contribution < -0.4 is 5.32 Å². The molecule has 1 aliphatic heterocycles. The Bertz CT molecular complexity index is 1240. The molecule has 11 heteroatoms. The third-order valence-corrected chi connectivity index (χ3v) is 4.72. The van der Waals surface area contributed by atoms with Crippen LogP contribution in [-0.2, 0) is 14.3 Å². The fraction of sp³-hybridized carbons (Fsp3) is 0.143. The van der Waals surface area contributed by atoms with Gasteiger partial charge in [0.25, 0.3) is 17.7 Å². The molecule has 162 valence electrons. The lowest BCUT2D eigenvalue weighted by atomic mass is 10.1. The Balaban J connectivity index is 1.46. The van der Waals surface area contributed by atoms with E-state index in [1.165, 1.54) is 43.4 Å². The zero-order valence-corrected chi connectivity index (χ0v) is 16.6. The molecule has 4 rings (SSSR count). The predicted molar refractivity (Wildman–Crippen MR) is 105 cm³/mol. The molecule has 3 aromatic rings. The first-order valence-electron chi connectivity index (χ1n) is 9.35. The number of likely N-dealkylation sites (N-methyl/N-ethyl adjacent to an activating group) is 1. The molecule has 1 N–H and O–H groups in total. The number of ether oxygens (including phenoxy) is 1. The minimum absolute atomic E-state index is 0.0303. The average molecular weight is 438 g/mol. The van der Waals surface area contributed by atoms with Crippen LogP contribution in [0.2, 0.25) is 0 Å². The molecular weight excluding hydrogens is 423 g/mol. The number of alkyl carbamates (subject to hydrolysis) is 1. The van der Waals surface area contributed by atoms with Crippen LogP contribution in [0.1, 0.15) is 16.8 Å². The summed E-state index contributed by atoms with van der Waals surface area (Å²) < 4.78 is 23.9. The quantitative estimate of drug-likeness (QED) is 0.613. The van der Waals surface area contributed by atoms with E-state index in [2.05, 4.69) is 10.1 Å². The van der Waals surface area contributed by atoms with E-state index in [-0.39, 0.29) is 29.3 Å². The highest BCUT2D eigenvalue weighted by molar-refractivity contribution is 6.07. The summed E-state index contributed by atoms with van der Waals surface area (Å²) in [5.41, 5.74) is 0.590. The highest BCUT2D eigenvalue weighted by atomic mass is 19.1. The van der Waals surface area contributed by atoms with Crippen molar-refractivity contribution in [2.75, 3.05) is 7.05 Å². The molecule has 2 heterocycles. The average Bonchev–Trinajstić information content (AvgIpc) is 3.36. The summed E-state index contributed by atoms with van der Waals surface area (Å²) in [4.78, 5) is 52.7. The standard InChI is InChI=1S/C21H15FN4O6/c1-26-16(27)10-15(20(26)29)31-21(30)24-18(28)12-6-4-5-11(9-12)17-23-19(32-25-17)13-7-2-3-8-14(13)22/h2-9,15H,10H2,1H3,(H,24,28,30)/t15-/m0/s1. The maximum absolute atomic E-state index is 13.9. The SMILES string of the molecule is CN1C(=O)C[C@H](OC(=O)NC(=O)c2cccc(-c3noc(-c4ccccc4F)n3)c2)C1=O. The van der Waals surface area contributed by atoms with Crippen molar-refractivity contribution >= 4 is 23.8 Å². The molecule has 0 aliphatic carbocycles. The van der Waals surface area contributed by atoms with Gasteiger partial charge in [0, 0.05) is 18.2 Å². The second kappa shape index (κ2) is 8.38. The number of halogens is 1. The van der Waals surface area contributed by atoms with Gasteiger partial charge in [0.15, 0.2) is 6.10 Å². The van der Waals surface area contributed by atoms with Crippen molar-refractivity contribution in [3.05, 3.63) is 59.9 Å². The molecule has 4 amide bonds. The Morgan fingerprint density at radius 1 is 1.19 bits per heavy atom. The highest BCUT2D eigenvalue weighted by Gasteiger charge is 2.39. The van der Waals surface area contributed by atoms with Gasteiger partial charge in [-0.2, -0.15) is 4.98 Å². The number of imide groups is 2. The molecule has 1 aromatic heterocycles. The monoisotopic (exact) mass is 438 g/mol. The lowest BCUT2D eigenvalue weighted by molar-refractivity contribution is -0.139. The Morgan fingerprint density at radius 2 is 1.97 bits per heavy atom. The number of hydrogen-bond acceptors (Lipinski definition) is 8. The summed E-state index contributed by atoms with van der Waals surface area (Å²) in [6, 6.07) is 11.9. The molecule has 0 unspecified atom stereocenters. The van der Waals surface area contributed by atoms with Crippen LogP contribution in [0.4, 0.5) is 9.18 Å². The van der Waals surface area contributed by atoms with Crippen LogP contribution in [0.5, 0.6) is 0 Å². The van der Waals surface area contributed by atoms with Crippen molar-refractivity contribution in [2.24, 2.45) is 0 Å². The van der Waals surface area contributed by atoms with Crippen LogP contribution in [0.25, 0.3) is 22.8 Å². The van der Waals surface area contributed by atoms with Gasteiger partial charge in [-0.05, 0) is 24.3 Å². The molecule has 1 atom stereocenters. The van der Waals surface area contributed by atoms with Crippen molar-refractivity contribution in [1.29, 1.82) is 0 Å². The van der Waals surface area contributed by atoms with Gasteiger partial charge in [-0.25, -0.2) is 9.18 Å². The van der Waals surface area contributed by atoms with E-state index >= 15 is 0 Å². The number of aromatic nitrogens is 2. The molecule has 32 heavy (non-hydrogen) atoms. The molecule has 0 spiro atoms. The van der Waals surface area contributed by atoms with Gasteiger partial charge < -0.3 is 9.26 Å². The predicted octanol–water partition coefficient (Wildman–Crippen LogP) is 2.17. The zero-order chi connectivity index (χ0) is 22.8. The van der Waals surface area contributed by atoms with Crippen molar-refractivity contribution in [1.82, 2.24) is 20.4 Å². The van der Waals surface area contributed by atoms with Crippen LogP contribution in [0.3, 0.4) is 0 Å². The van der Waals surface area contributed by atoms with Gasteiger partial charge in [-0.1, -0.05) is 29.4 Å². The summed E-state index contributed by atoms with van der Waals surface area (Å²) in [7, 11) is 1.28. The van der Waals surface area contributed by atoms with E-state index < -0.39 is 35.7 Å². The Hall–Kier alpha value is -4.41. The van der Waals surface area contributed by atoms with Crippen molar-refractivity contribution < 1.29 is 32.8 Å². The number of nitrogens with one attached hydrogen (secondary N) is 1. The van der Waals surface area contributed by atoms with Gasteiger partial charge in [-0.3, -0.25) is 24.6 Å². The molecule has 0 saturated carbocycles. The lowest BCUT2D eigenvalue weighted by Crippen LogP contribution is -2.36. The van der Waals surface area contributed by atoms with Crippen LogP contribution in [0, 0.1) is 5.82 Å². The Morgan fingerprint density at radius 3 is 2.69 bits per heavy atom. The number of nitrogens with zero attached hydrogens (tertiary/aromatic N) is 3. The summed E-state index contributed by atoms with van der Waals surface area (Å²) >= 11 is 0. The first kappa shape index (κ1) is 20.8. The molecule has 0 radical (unpaired) electrons. The van der Waals surface area contributed by atoms with Gasteiger partial charge in [-0.15, -0.1) is 0 Å². The van der Waals surface area contributed by atoms with E-state index in [1.54, 1.807) is 12.1 Å². The molecule has 1 saturated heterocycles. The third kappa shape index (κ3) is 4.08. The largest absolute Gasteiger partial charge is 0.435 e. The molecule has 2 aromatic carbocycles. The zero-order valence-electron chi connectivity index (χ0n) is 16.6. The van der Waals surface area contributed by atoms with Crippen molar-refractivity contribution in [2.45, 2.75) is 12.5 Å². The second-order valence-corrected chi connectivity index (χ2v) is 6.83. The Kier molecular flexibility index (Phi) is 5.46. The normalized spacial score (nSPS) is 15.7. The van der Waals surface area contributed by atoms with E-state index in [1.807, 2.05) is 5.32 Å². The first-order valence-corrected chi connectivity index (χ1v) is 9.35. The molecule has 0 bridgehead atoms. The Labute approximate surface area is 180 Å². The summed E-state index contributed by atoms with van der Waals surface area (Å²) in [6.45, 7) is 0. The summed E-state index contributed by atoms with van der Waals surface area (Å²) in [5.74, 6) is -2.40. The number of hydrogen-bond donors (Lipinski definition) is 1. The number of amides is 4. The number of carbonyl (C=O) groups excluding carboxylic acids is 4. The van der Waals surface area contributed by atoms with Gasteiger partial charge in [0.2, 0.25) is 11.7 Å². The van der Waals surface area contributed by atoms with Gasteiger partial charge >= 0.3 is 6.09 Å². The van der Waals surface area contributed by atoms with Gasteiger partial charge in [0.05, 0.1) is 12.0 Å². The summed E-state index contributed by atoms with van der Waals surface area (Å²) in [5, 5.41) is 5.80. The molecular formula is C21H15FN4O6. The minimum Gasteiger partial charge on any atom is -0.435 e. The van der Waals surface area contributed by atoms with E-state index in [0.29, 0.717) is 5.56 Å². The van der Waals surface area contributed by atoms with Crippen molar-refractivity contribution in [3.8, 4) is 22.8 Å². The second-order valence-electron chi connectivity index (χ2n) is 6.83. The molecule has 10 nitrogen and oxygen atoms in total. The van der Waals surface area contributed by atoms with Crippen LogP contribution in [0.15, 0.2) is 53.1 Å². The number of rotatable bonds is 4. The number of likely N-dealkylation sites (tertiary alicyclic amines) is 1. The van der Waals surface area contributed by atoms with E-state index in [0.717, 1.165) is 4.90 Å². The first-order chi connectivity index (χ1) is 15.3. The lowest BCUT2D eigenvalue weighted by Gasteiger charge is -2.11. The number of carbonyl (C=O) groups is 4. The smallest absolute Gasteiger partial charge is 0.414 e.